The van der Waals surface area contributed by atoms with Crippen molar-refractivity contribution in [2.24, 2.45) is 56.7 Å². The molecule has 0 aromatic heterocycles. The predicted octanol–water partition coefficient (Wildman–Crippen LogP) is 0.0961. The third-order valence-corrected chi connectivity index (χ3v) is 20.0. The highest BCUT2D eigenvalue weighted by Crippen LogP contribution is 2.79. The number of aliphatic hydroxyl groups is 10. The Kier molecular flexibility index (Phi) is 12.5. The maximum absolute atomic E-state index is 12.3. The van der Waals surface area contributed by atoms with Crippen molar-refractivity contribution < 1.29 is 84.2 Å². The molecule has 2 bridgehead atoms. The van der Waals surface area contributed by atoms with Crippen LogP contribution in [0.1, 0.15) is 93.4 Å². The lowest BCUT2D eigenvalue weighted by molar-refractivity contribution is -0.394. The number of hydrogen-bond donors (Lipinski definition) is 10. The first kappa shape index (κ1) is 48.1. The third kappa shape index (κ3) is 6.57. The second-order valence-electron chi connectivity index (χ2n) is 22.7. The van der Waals surface area contributed by atoms with E-state index in [0.717, 1.165) is 32.1 Å². The molecule has 64 heavy (non-hydrogen) atoms. The second-order valence-corrected chi connectivity index (χ2v) is 22.7. The Bertz CT molecular complexity index is 1740. The zero-order valence-corrected chi connectivity index (χ0v) is 38.4. The molecule has 4 saturated carbocycles. The van der Waals surface area contributed by atoms with E-state index in [9.17, 15) is 51.1 Å². The summed E-state index contributed by atoms with van der Waals surface area (Å²) < 4.78 is 43.8. The standard InChI is InChI=1S/C47H76O17/c1-21-8-14-46-20-59-47(38(46)22(21)2)15-10-27-42(4)12-11-29(43(5,19-49)26(42)9-13-44(27,6)45(47,7)16-28(46)51)62-40-36(33(55)30(52)23(3)60-40)64-41-37(34(56)32(54)25(17-48)61-41)63-39-35(57)31(53)24(50)18-58-39/h10,15,21-41,48-57H,8-9,11-14,16-20H2,1-7H3. The van der Waals surface area contributed by atoms with Gasteiger partial charge in [-0.05, 0) is 86.4 Å². The monoisotopic (exact) mass is 913 g/mol. The number of allylic oxidation sites excluding steroid dienone is 1. The molecule has 17 nitrogen and oxygen atoms in total. The summed E-state index contributed by atoms with van der Waals surface area (Å²) in [6.07, 6.45) is -12.4. The fraction of sp³-hybridized carbons (Fsp3) is 0.957. The van der Waals surface area contributed by atoms with E-state index in [1.807, 2.05) is 6.92 Å². The Balaban J connectivity index is 0.992. The minimum Gasteiger partial charge on any atom is -0.396 e. The lowest BCUT2D eigenvalue weighted by Crippen LogP contribution is -2.73. The van der Waals surface area contributed by atoms with E-state index >= 15 is 0 Å². The third-order valence-electron chi connectivity index (χ3n) is 20.0. The molecular weight excluding hydrogens is 836 g/mol. The normalized spacial score (nSPS) is 60.5. The van der Waals surface area contributed by atoms with Gasteiger partial charge in [0.25, 0.3) is 0 Å². The van der Waals surface area contributed by atoms with E-state index in [0.29, 0.717) is 31.3 Å². The molecule has 0 amide bonds. The van der Waals surface area contributed by atoms with Crippen LogP contribution < -0.4 is 0 Å². The number of fused-ring (bicyclic) bond motifs is 4. The van der Waals surface area contributed by atoms with Gasteiger partial charge in [0.2, 0.25) is 0 Å². The number of aliphatic hydroxyl groups excluding tert-OH is 10. The molecule has 27 atom stereocenters. The van der Waals surface area contributed by atoms with Crippen LogP contribution in [-0.2, 0) is 33.2 Å². The van der Waals surface area contributed by atoms with Crippen molar-refractivity contribution in [2.45, 2.75) is 197 Å². The van der Waals surface area contributed by atoms with E-state index in [-0.39, 0.29) is 46.0 Å². The smallest absolute Gasteiger partial charge is 0.187 e. The molecule has 9 aliphatic rings. The van der Waals surface area contributed by atoms with Crippen LogP contribution in [0.15, 0.2) is 12.2 Å². The minimum atomic E-state index is -1.81. The number of rotatable bonds is 8. The van der Waals surface area contributed by atoms with Crippen LogP contribution >= 0.6 is 0 Å². The van der Waals surface area contributed by atoms with Crippen molar-refractivity contribution in [2.75, 3.05) is 26.4 Å². The molecule has 4 aliphatic heterocycles. The second kappa shape index (κ2) is 16.6. The highest BCUT2D eigenvalue weighted by atomic mass is 16.8. The maximum atomic E-state index is 12.3. The minimum absolute atomic E-state index is 0.0389. The Morgan fingerprint density at radius 3 is 2.06 bits per heavy atom. The van der Waals surface area contributed by atoms with Gasteiger partial charge in [0, 0.05) is 22.2 Å². The van der Waals surface area contributed by atoms with Crippen molar-refractivity contribution in [3.05, 3.63) is 12.2 Å². The van der Waals surface area contributed by atoms with Crippen molar-refractivity contribution >= 4 is 0 Å². The van der Waals surface area contributed by atoms with Gasteiger partial charge in [0.15, 0.2) is 18.9 Å². The average Bonchev–Trinajstić information content (AvgIpc) is 3.57. The van der Waals surface area contributed by atoms with Gasteiger partial charge in [-0.15, -0.1) is 0 Å². The highest BCUT2D eigenvalue weighted by molar-refractivity contribution is 5.36. The molecule has 1 spiro atoms. The van der Waals surface area contributed by atoms with Gasteiger partial charge >= 0.3 is 0 Å². The van der Waals surface area contributed by atoms with Crippen molar-refractivity contribution in [3.63, 3.8) is 0 Å². The van der Waals surface area contributed by atoms with Crippen LogP contribution in [0.3, 0.4) is 0 Å². The van der Waals surface area contributed by atoms with Gasteiger partial charge < -0.3 is 84.2 Å². The molecule has 8 fully saturated rings. The summed E-state index contributed by atoms with van der Waals surface area (Å²) >= 11 is 0. The Morgan fingerprint density at radius 1 is 0.703 bits per heavy atom. The van der Waals surface area contributed by atoms with Crippen molar-refractivity contribution in [3.8, 4) is 0 Å². The van der Waals surface area contributed by atoms with Gasteiger partial charge in [-0.2, -0.15) is 0 Å². The van der Waals surface area contributed by atoms with Crippen LogP contribution in [0.5, 0.6) is 0 Å². The quantitative estimate of drug-likeness (QED) is 0.114. The fourth-order valence-electron chi connectivity index (χ4n) is 15.8. The van der Waals surface area contributed by atoms with Crippen LogP contribution in [0.25, 0.3) is 0 Å². The van der Waals surface area contributed by atoms with E-state index in [2.05, 4.69) is 46.8 Å². The first-order chi connectivity index (χ1) is 30.1. The molecule has 366 valence electrons. The summed E-state index contributed by atoms with van der Waals surface area (Å²) in [6, 6.07) is 0. The molecule has 4 saturated heterocycles. The molecule has 0 aromatic carbocycles. The molecule has 10 N–H and O–H groups in total. The van der Waals surface area contributed by atoms with Crippen LogP contribution in [0.4, 0.5) is 0 Å². The molecule has 0 aromatic rings. The summed E-state index contributed by atoms with van der Waals surface area (Å²) in [7, 11) is 0. The molecule has 9 rings (SSSR count). The van der Waals surface area contributed by atoms with Gasteiger partial charge in [-0.1, -0.05) is 53.7 Å². The Morgan fingerprint density at radius 2 is 1.38 bits per heavy atom. The van der Waals surface area contributed by atoms with Crippen LogP contribution in [0, 0.1) is 56.7 Å². The van der Waals surface area contributed by atoms with Gasteiger partial charge in [0.05, 0.1) is 50.3 Å². The SMILES string of the molecule is CC1CCC23COC4(C=CC5C6(C)CCC(OC7OC(C)C(O)C(O)C7OC7OC(CO)C(O)C(O)C7OC7OCC(O)C(O)C7O)C(C)(CO)C6CCC5(C)C4(C)CC2O)C3C1C. The highest BCUT2D eigenvalue weighted by Gasteiger charge is 2.79. The lowest BCUT2D eigenvalue weighted by atomic mass is 9.31. The number of hydrogen-bond acceptors (Lipinski definition) is 17. The van der Waals surface area contributed by atoms with Crippen molar-refractivity contribution in [1.82, 2.24) is 0 Å². The summed E-state index contributed by atoms with van der Waals surface area (Å²) in [6.45, 7) is 14.7. The molecular formula is C47H76O17. The zero-order chi connectivity index (χ0) is 46.3. The summed E-state index contributed by atoms with van der Waals surface area (Å²) in [5.74, 6) is 1.19. The van der Waals surface area contributed by atoms with E-state index < -0.39 is 122 Å². The van der Waals surface area contributed by atoms with E-state index in [1.54, 1.807) is 6.92 Å². The molecule has 0 radical (unpaired) electrons. The Hall–Kier alpha value is -0.940. The van der Waals surface area contributed by atoms with E-state index in [1.165, 1.54) is 0 Å². The maximum Gasteiger partial charge on any atom is 0.187 e. The molecule has 4 heterocycles. The van der Waals surface area contributed by atoms with Gasteiger partial charge in [0.1, 0.15) is 61.0 Å². The Labute approximate surface area is 376 Å². The predicted molar refractivity (Wildman–Crippen MR) is 223 cm³/mol. The van der Waals surface area contributed by atoms with E-state index in [4.69, 9.17) is 33.2 Å². The first-order valence-corrected chi connectivity index (χ1v) is 24.0. The fourth-order valence-corrected chi connectivity index (χ4v) is 15.8. The summed E-state index contributed by atoms with van der Waals surface area (Å²) in [5, 5.41) is 110. The molecule has 17 heteroatoms. The average molecular weight is 913 g/mol. The van der Waals surface area contributed by atoms with Gasteiger partial charge in [-0.3, -0.25) is 0 Å². The van der Waals surface area contributed by atoms with Crippen LogP contribution in [-0.4, -0.2) is 181 Å². The van der Waals surface area contributed by atoms with Crippen molar-refractivity contribution in [1.29, 1.82) is 0 Å². The zero-order valence-electron chi connectivity index (χ0n) is 38.4. The lowest BCUT2D eigenvalue weighted by Gasteiger charge is -2.73. The molecule has 5 aliphatic carbocycles. The summed E-state index contributed by atoms with van der Waals surface area (Å²) in [4.78, 5) is 0. The largest absolute Gasteiger partial charge is 0.396 e. The topological polar surface area (TPSA) is 267 Å². The molecule has 27 unspecified atom stereocenters. The van der Waals surface area contributed by atoms with Crippen LogP contribution in [0.2, 0.25) is 0 Å². The summed E-state index contributed by atoms with van der Waals surface area (Å²) in [5.41, 5.74) is -2.46. The first-order valence-electron chi connectivity index (χ1n) is 24.0. The van der Waals surface area contributed by atoms with Gasteiger partial charge in [-0.25, -0.2) is 0 Å². The number of ether oxygens (including phenoxy) is 7.